The van der Waals surface area contributed by atoms with Gasteiger partial charge in [-0.05, 0) is 55.7 Å². The van der Waals surface area contributed by atoms with E-state index >= 15 is 0 Å². The summed E-state index contributed by atoms with van der Waals surface area (Å²) in [4.78, 5) is 12.1. The molecule has 0 aliphatic heterocycles. The smallest absolute Gasteiger partial charge is 0.230 e. The van der Waals surface area contributed by atoms with E-state index in [1.165, 1.54) is 12.8 Å². The Hall–Kier alpha value is -1.39. The van der Waals surface area contributed by atoms with E-state index in [1.54, 1.807) is 0 Å². The third-order valence-corrected chi connectivity index (χ3v) is 4.33. The molecule has 3 rings (SSSR count). The fourth-order valence-electron chi connectivity index (χ4n) is 2.85. The molecule has 0 saturated heterocycles. The fraction of sp³-hybridized carbons (Fsp3) is 0.588. The Balaban J connectivity index is 1.53. The van der Waals surface area contributed by atoms with Gasteiger partial charge < -0.3 is 15.2 Å². The van der Waals surface area contributed by atoms with Crippen molar-refractivity contribution in [2.45, 2.75) is 44.8 Å². The van der Waals surface area contributed by atoms with Crippen LogP contribution in [0.25, 0.3) is 0 Å². The van der Waals surface area contributed by atoms with Crippen LogP contribution in [0.2, 0.25) is 0 Å². The van der Waals surface area contributed by atoms with Gasteiger partial charge in [-0.3, -0.25) is 4.79 Å². The summed E-state index contributed by atoms with van der Waals surface area (Å²) in [7, 11) is 0. The minimum Gasteiger partial charge on any atom is -0.392 e. The Morgan fingerprint density at radius 1 is 1.29 bits per heavy atom. The molecule has 0 heterocycles. The number of ether oxygens (including phenoxy) is 1. The zero-order chi connectivity index (χ0) is 14.7. The Morgan fingerprint density at radius 3 is 2.86 bits per heavy atom. The van der Waals surface area contributed by atoms with E-state index in [1.807, 2.05) is 24.3 Å². The molecule has 1 aromatic carbocycles. The quantitative estimate of drug-likeness (QED) is 0.846. The van der Waals surface area contributed by atoms with Gasteiger partial charge in [-0.2, -0.15) is 0 Å². The highest BCUT2D eigenvalue weighted by Crippen LogP contribution is 2.29. The number of amides is 1. The molecule has 2 N–H and O–H groups in total. The lowest BCUT2D eigenvalue weighted by atomic mass is 10.1. The van der Waals surface area contributed by atoms with Crippen LogP contribution in [0.1, 0.15) is 37.7 Å². The van der Waals surface area contributed by atoms with E-state index in [4.69, 9.17) is 4.74 Å². The number of nitrogens with one attached hydrogen (secondary N) is 1. The van der Waals surface area contributed by atoms with E-state index in [-0.39, 0.29) is 11.8 Å². The number of hydrogen-bond acceptors (Lipinski definition) is 3. The van der Waals surface area contributed by atoms with Crippen LogP contribution in [-0.4, -0.2) is 23.7 Å². The second-order valence-electron chi connectivity index (χ2n) is 6.25. The third-order valence-electron chi connectivity index (χ3n) is 4.33. The largest absolute Gasteiger partial charge is 0.392 e. The van der Waals surface area contributed by atoms with E-state index < -0.39 is 6.10 Å². The number of rotatable bonds is 6. The highest BCUT2D eigenvalue weighted by molar-refractivity contribution is 5.93. The Kier molecular flexibility index (Phi) is 4.56. The molecular formula is C17H23NO3. The van der Waals surface area contributed by atoms with Crippen molar-refractivity contribution in [2.75, 3.05) is 11.9 Å². The molecule has 1 amide bonds. The van der Waals surface area contributed by atoms with Gasteiger partial charge in [0.05, 0.1) is 18.6 Å². The minimum absolute atomic E-state index is 0.0731. The SMILES string of the molecule is O=C(Nc1cccc(COCC2CC2)c1)C1CCCC1O. The minimum atomic E-state index is -0.491. The van der Waals surface area contributed by atoms with Gasteiger partial charge in [0, 0.05) is 12.3 Å². The van der Waals surface area contributed by atoms with Crippen LogP contribution >= 0.6 is 0 Å². The molecule has 0 radical (unpaired) electrons. The molecule has 1 aromatic rings. The normalized spacial score (nSPS) is 25.0. The summed E-state index contributed by atoms with van der Waals surface area (Å²) in [6, 6.07) is 7.76. The van der Waals surface area contributed by atoms with Crippen molar-refractivity contribution in [1.82, 2.24) is 0 Å². The maximum atomic E-state index is 12.1. The van der Waals surface area contributed by atoms with Crippen LogP contribution < -0.4 is 5.32 Å². The number of hydrogen-bond donors (Lipinski definition) is 2. The van der Waals surface area contributed by atoms with Crippen LogP contribution in [0.4, 0.5) is 5.69 Å². The number of benzene rings is 1. The van der Waals surface area contributed by atoms with Crippen molar-refractivity contribution in [3.63, 3.8) is 0 Å². The second-order valence-corrected chi connectivity index (χ2v) is 6.25. The number of aliphatic hydroxyl groups excluding tert-OH is 1. The number of aliphatic hydroxyl groups is 1. The molecule has 4 heteroatoms. The molecule has 21 heavy (non-hydrogen) atoms. The summed E-state index contributed by atoms with van der Waals surface area (Å²) in [6.07, 6.45) is 4.52. The summed E-state index contributed by atoms with van der Waals surface area (Å²) in [6.45, 7) is 1.43. The number of anilines is 1. The first-order valence-electron chi connectivity index (χ1n) is 7.88. The van der Waals surface area contributed by atoms with Crippen molar-refractivity contribution < 1.29 is 14.6 Å². The van der Waals surface area contributed by atoms with Gasteiger partial charge in [-0.1, -0.05) is 12.1 Å². The zero-order valence-electron chi connectivity index (χ0n) is 12.3. The van der Waals surface area contributed by atoms with Crippen molar-refractivity contribution in [3.8, 4) is 0 Å². The zero-order valence-corrected chi connectivity index (χ0v) is 12.3. The summed E-state index contributed by atoms with van der Waals surface area (Å²) in [5, 5.41) is 12.7. The molecule has 0 bridgehead atoms. The van der Waals surface area contributed by atoms with Gasteiger partial charge in [-0.25, -0.2) is 0 Å². The van der Waals surface area contributed by atoms with Crippen LogP contribution in [0.5, 0.6) is 0 Å². The molecule has 2 saturated carbocycles. The van der Waals surface area contributed by atoms with Crippen LogP contribution in [0.3, 0.4) is 0 Å². The average Bonchev–Trinajstić information content (AvgIpc) is 3.19. The molecule has 0 spiro atoms. The maximum absolute atomic E-state index is 12.1. The van der Waals surface area contributed by atoms with Crippen LogP contribution in [-0.2, 0) is 16.1 Å². The van der Waals surface area contributed by atoms with Crippen LogP contribution in [0.15, 0.2) is 24.3 Å². The van der Waals surface area contributed by atoms with Gasteiger partial charge in [0.2, 0.25) is 5.91 Å². The standard InChI is InChI=1S/C17H23NO3/c19-16-6-2-5-15(16)17(20)18-14-4-1-3-13(9-14)11-21-10-12-7-8-12/h1,3-4,9,12,15-16,19H,2,5-8,10-11H2,(H,18,20). The predicted molar refractivity (Wildman–Crippen MR) is 80.8 cm³/mol. The van der Waals surface area contributed by atoms with Gasteiger partial charge in [-0.15, -0.1) is 0 Å². The van der Waals surface area contributed by atoms with E-state index in [9.17, 15) is 9.90 Å². The van der Waals surface area contributed by atoms with E-state index in [2.05, 4.69) is 5.32 Å². The lowest BCUT2D eigenvalue weighted by Gasteiger charge is -2.15. The first-order valence-corrected chi connectivity index (χ1v) is 7.88. The van der Waals surface area contributed by atoms with Gasteiger partial charge in [0.15, 0.2) is 0 Å². The lowest BCUT2D eigenvalue weighted by molar-refractivity contribution is -0.122. The third kappa shape index (κ3) is 4.05. The fourth-order valence-corrected chi connectivity index (χ4v) is 2.85. The van der Waals surface area contributed by atoms with Crippen molar-refractivity contribution >= 4 is 11.6 Å². The first kappa shape index (κ1) is 14.5. The average molecular weight is 289 g/mol. The van der Waals surface area contributed by atoms with Crippen molar-refractivity contribution in [2.24, 2.45) is 11.8 Å². The molecular weight excluding hydrogens is 266 g/mol. The summed E-state index contributed by atoms with van der Waals surface area (Å²) in [5.41, 5.74) is 1.85. The van der Waals surface area contributed by atoms with Gasteiger partial charge in [0.1, 0.15) is 0 Å². The summed E-state index contributed by atoms with van der Waals surface area (Å²) >= 11 is 0. The Bertz CT molecular complexity index is 499. The number of carbonyl (C=O) groups is 1. The second kappa shape index (κ2) is 6.58. The maximum Gasteiger partial charge on any atom is 0.230 e. The summed E-state index contributed by atoms with van der Waals surface area (Å²) < 4.78 is 5.67. The number of carbonyl (C=O) groups excluding carboxylic acids is 1. The van der Waals surface area contributed by atoms with E-state index in [0.717, 1.165) is 43.0 Å². The molecule has 2 fully saturated rings. The molecule has 2 unspecified atom stereocenters. The topological polar surface area (TPSA) is 58.6 Å². The molecule has 4 nitrogen and oxygen atoms in total. The Labute approximate surface area is 125 Å². The van der Waals surface area contributed by atoms with Gasteiger partial charge >= 0.3 is 0 Å². The lowest BCUT2D eigenvalue weighted by Crippen LogP contribution is -2.28. The van der Waals surface area contributed by atoms with Crippen LogP contribution in [0, 0.1) is 11.8 Å². The Morgan fingerprint density at radius 2 is 2.14 bits per heavy atom. The highest BCUT2D eigenvalue weighted by atomic mass is 16.5. The van der Waals surface area contributed by atoms with Gasteiger partial charge in [0.25, 0.3) is 0 Å². The molecule has 0 aromatic heterocycles. The monoisotopic (exact) mass is 289 g/mol. The van der Waals surface area contributed by atoms with Crippen molar-refractivity contribution in [3.05, 3.63) is 29.8 Å². The molecule has 114 valence electrons. The first-order chi connectivity index (χ1) is 10.2. The molecule has 2 aliphatic rings. The highest BCUT2D eigenvalue weighted by Gasteiger charge is 2.31. The molecule has 2 aliphatic carbocycles. The summed E-state index contributed by atoms with van der Waals surface area (Å²) in [5.74, 6) is 0.424. The predicted octanol–water partition coefficient (Wildman–Crippen LogP) is 2.71. The molecule has 2 atom stereocenters. The van der Waals surface area contributed by atoms with E-state index in [0.29, 0.717) is 6.61 Å². The van der Waals surface area contributed by atoms with Crippen molar-refractivity contribution in [1.29, 1.82) is 0 Å².